The van der Waals surface area contributed by atoms with Crippen molar-refractivity contribution in [1.82, 2.24) is 5.32 Å². The highest BCUT2D eigenvalue weighted by Gasteiger charge is 2.18. The van der Waals surface area contributed by atoms with Gasteiger partial charge in [-0.1, -0.05) is 32.1 Å². The third-order valence-electron chi connectivity index (χ3n) is 4.54. The lowest BCUT2D eigenvalue weighted by Gasteiger charge is -2.21. The molecule has 2 N–H and O–H groups in total. The van der Waals surface area contributed by atoms with Crippen molar-refractivity contribution in [2.75, 3.05) is 11.1 Å². The molecule has 5 heteroatoms. The molecule has 124 valence electrons. The van der Waals surface area contributed by atoms with E-state index in [-0.39, 0.29) is 17.9 Å². The van der Waals surface area contributed by atoms with Gasteiger partial charge in [-0.15, -0.1) is 11.8 Å². The smallest absolute Gasteiger partial charge is 0.251 e. The van der Waals surface area contributed by atoms with Crippen LogP contribution in [0.3, 0.4) is 0 Å². The summed E-state index contributed by atoms with van der Waals surface area (Å²) in [6, 6.07) is 5.90. The summed E-state index contributed by atoms with van der Waals surface area (Å²) in [7, 11) is 0. The molecule has 1 aliphatic carbocycles. The van der Waals surface area contributed by atoms with Crippen LogP contribution < -0.4 is 10.6 Å². The van der Waals surface area contributed by atoms with Gasteiger partial charge in [0, 0.05) is 28.7 Å². The third-order valence-corrected chi connectivity index (χ3v) is 5.62. The highest BCUT2D eigenvalue weighted by molar-refractivity contribution is 7.99. The topological polar surface area (TPSA) is 58.2 Å². The summed E-state index contributed by atoms with van der Waals surface area (Å²) < 4.78 is 0. The summed E-state index contributed by atoms with van der Waals surface area (Å²) in [5, 5.41) is 6.08. The van der Waals surface area contributed by atoms with Crippen molar-refractivity contribution in [1.29, 1.82) is 0 Å². The van der Waals surface area contributed by atoms with E-state index in [0.717, 1.165) is 29.2 Å². The first-order valence-electron chi connectivity index (χ1n) is 8.60. The van der Waals surface area contributed by atoms with Gasteiger partial charge in [0.2, 0.25) is 5.91 Å². The van der Waals surface area contributed by atoms with Crippen LogP contribution in [0.4, 0.5) is 5.69 Å². The van der Waals surface area contributed by atoms with E-state index in [1.54, 1.807) is 11.8 Å². The third kappa shape index (κ3) is 4.50. The first-order valence-corrected chi connectivity index (χ1v) is 9.58. The predicted molar refractivity (Wildman–Crippen MR) is 94.0 cm³/mol. The molecule has 3 rings (SSSR count). The van der Waals surface area contributed by atoms with E-state index in [2.05, 4.69) is 10.6 Å². The maximum absolute atomic E-state index is 12.5. The van der Waals surface area contributed by atoms with Gasteiger partial charge >= 0.3 is 0 Å². The standard InChI is InChI=1S/C18H24N2O2S/c21-17-10-11-23-16-9-8-13(12-15(16)20-17)18(22)19-14-6-4-2-1-3-5-7-14/h8-9,12,14H,1-7,10-11H2,(H,19,22)(H,20,21). The zero-order valence-corrected chi connectivity index (χ0v) is 14.2. The maximum atomic E-state index is 12.5. The predicted octanol–water partition coefficient (Wildman–Crippen LogP) is 3.96. The van der Waals surface area contributed by atoms with E-state index in [1.165, 1.54) is 32.1 Å². The van der Waals surface area contributed by atoms with Crippen molar-refractivity contribution in [3.05, 3.63) is 23.8 Å². The Hall–Kier alpha value is -1.49. The Morgan fingerprint density at radius 2 is 1.87 bits per heavy atom. The van der Waals surface area contributed by atoms with Gasteiger partial charge in [-0.05, 0) is 31.0 Å². The number of carbonyl (C=O) groups excluding carboxylic acids is 2. The minimum Gasteiger partial charge on any atom is -0.349 e. The Labute approximate surface area is 141 Å². The average Bonchev–Trinajstić information content (AvgIpc) is 2.69. The first kappa shape index (κ1) is 16.4. The Morgan fingerprint density at radius 3 is 2.65 bits per heavy atom. The van der Waals surface area contributed by atoms with Gasteiger partial charge in [0.25, 0.3) is 5.91 Å². The fourth-order valence-corrected chi connectivity index (χ4v) is 4.17. The lowest BCUT2D eigenvalue weighted by atomic mass is 9.96. The van der Waals surface area contributed by atoms with E-state index >= 15 is 0 Å². The maximum Gasteiger partial charge on any atom is 0.251 e. The molecule has 0 unspecified atom stereocenters. The van der Waals surface area contributed by atoms with E-state index in [4.69, 9.17) is 0 Å². The van der Waals surface area contributed by atoms with Gasteiger partial charge in [0.15, 0.2) is 0 Å². The fourth-order valence-electron chi connectivity index (χ4n) is 3.23. The molecule has 0 atom stereocenters. The largest absolute Gasteiger partial charge is 0.349 e. The Balaban J connectivity index is 1.68. The van der Waals surface area contributed by atoms with Crippen molar-refractivity contribution in [3.63, 3.8) is 0 Å². The Morgan fingerprint density at radius 1 is 1.13 bits per heavy atom. The molecule has 0 saturated heterocycles. The molecule has 1 aliphatic heterocycles. The zero-order chi connectivity index (χ0) is 16.1. The molecular weight excluding hydrogens is 308 g/mol. The van der Waals surface area contributed by atoms with Crippen LogP contribution >= 0.6 is 11.8 Å². The van der Waals surface area contributed by atoms with E-state index in [9.17, 15) is 9.59 Å². The van der Waals surface area contributed by atoms with Gasteiger partial charge in [0.1, 0.15) is 0 Å². The van der Waals surface area contributed by atoms with Crippen LogP contribution in [0.15, 0.2) is 23.1 Å². The number of anilines is 1. The highest BCUT2D eigenvalue weighted by Crippen LogP contribution is 2.31. The molecular formula is C18H24N2O2S. The van der Waals surface area contributed by atoms with Gasteiger partial charge in [0.05, 0.1) is 5.69 Å². The van der Waals surface area contributed by atoms with Crippen LogP contribution in [0.1, 0.15) is 61.7 Å². The van der Waals surface area contributed by atoms with E-state index in [1.807, 2.05) is 18.2 Å². The molecule has 1 heterocycles. The molecule has 4 nitrogen and oxygen atoms in total. The number of hydrogen-bond acceptors (Lipinski definition) is 3. The van der Waals surface area contributed by atoms with Gasteiger partial charge < -0.3 is 10.6 Å². The minimum absolute atomic E-state index is 0.0221. The number of hydrogen-bond donors (Lipinski definition) is 2. The molecule has 0 aromatic heterocycles. The van der Waals surface area contributed by atoms with E-state index < -0.39 is 0 Å². The molecule has 23 heavy (non-hydrogen) atoms. The zero-order valence-electron chi connectivity index (χ0n) is 13.4. The summed E-state index contributed by atoms with van der Waals surface area (Å²) in [4.78, 5) is 25.3. The minimum atomic E-state index is -0.0260. The van der Waals surface area contributed by atoms with Crippen molar-refractivity contribution >= 4 is 29.3 Å². The van der Waals surface area contributed by atoms with Crippen LogP contribution in [0, 0.1) is 0 Å². The molecule has 2 amide bonds. The van der Waals surface area contributed by atoms with Crippen molar-refractivity contribution < 1.29 is 9.59 Å². The van der Waals surface area contributed by atoms with Crippen LogP contribution in [0.5, 0.6) is 0 Å². The second-order valence-corrected chi connectivity index (χ2v) is 7.51. The monoisotopic (exact) mass is 332 g/mol. The molecule has 1 aromatic carbocycles. The van der Waals surface area contributed by atoms with Gasteiger partial charge in [-0.3, -0.25) is 9.59 Å². The SMILES string of the molecule is O=C1CCSc2ccc(C(=O)NC3CCCCCCC3)cc2N1. The number of fused-ring (bicyclic) bond motifs is 1. The van der Waals surface area contributed by atoms with Crippen molar-refractivity contribution in [2.45, 2.75) is 62.3 Å². The molecule has 2 aliphatic rings. The number of amides is 2. The first-order chi connectivity index (χ1) is 11.2. The molecule has 0 spiro atoms. The number of benzene rings is 1. The van der Waals surface area contributed by atoms with Crippen LogP contribution in [-0.2, 0) is 4.79 Å². The number of thioether (sulfide) groups is 1. The quantitative estimate of drug-likeness (QED) is 0.862. The summed E-state index contributed by atoms with van der Waals surface area (Å²) in [5.41, 5.74) is 1.40. The molecule has 0 radical (unpaired) electrons. The number of carbonyl (C=O) groups is 2. The van der Waals surface area contributed by atoms with Gasteiger partial charge in [-0.25, -0.2) is 0 Å². The summed E-state index contributed by atoms with van der Waals surface area (Å²) >= 11 is 1.66. The number of nitrogens with one attached hydrogen (secondary N) is 2. The second kappa shape index (κ2) is 7.86. The lowest BCUT2D eigenvalue weighted by molar-refractivity contribution is -0.115. The fraction of sp³-hybridized carbons (Fsp3) is 0.556. The van der Waals surface area contributed by atoms with E-state index in [0.29, 0.717) is 12.0 Å². The van der Waals surface area contributed by atoms with Gasteiger partial charge in [-0.2, -0.15) is 0 Å². The summed E-state index contributed by atoms with van der Waals surface area (Å²) in [6.45, 7) is 0. The molecule has 1 fully saturated rings. The molecule has 1 saturated carbocycles. The van der Waals surface area contributed by atoms with Crippen LogP contribution in [-0.4, -0.2) is 23.6 Å². The summed E-state index contributed by atoms with van der Waals surface area (Å²) in [6.07, 6.45) is 8.92. The lowest BCUT2D eigenvalue weighted by Crippen LogP contribution is -2.35. The average molecular weight is 332 g/mol. The van der Waals surface area contributed by atoms with Crippen molar-refractivity contribution in [2.24, 2.45) is 0 Å². The number of rotatable bonds is 2. The highest BCUT2D eigenvalue weighted by atomic mass is 32.2. The molecule has 1 aromatic rings. The van der Waals surface area contributed by atoms with Crippen LogP contribution in [0.2, 0.25) is 0 Å². The van der Waals surface area contributed by atoms with Crippen molar-refractivity contribution in [3.8, 4) is 0 Å². The Bertz CT molecular complexity index is 580. The van der Waals surface area contributed by atoms with Crippen LogP contribution in [0.25, 0.3) is 0 Å². The molecule has 0 bridgehead atoms. The normalized spacial score (nSPS) is 19.7. The Kier molecular flexibility index (Phi) is 5.60. The second-order valence-electron chi connectivity index (χ2n) is 6.37. The summed E-state index contributed by atoms with van der Waals surface area (Å²) in [5.74, 6) is 0.780.